The van der Waals surface area contributed by atoms with Crippen LogP contribution in [0, 0.1) is 0 Å². The molecule has 1 N–H and O–H groups in total. The number of halogens is 1. The first-order chi connectivity index (χ1) is 9.60. The SMILES string of the molecule is COc1ccc(C(CC(=O)O)c2ccc(Cl)cc2)cn1. The predicted octanol–water partition coefficient (Wildman–Crippen LogP) is 3.35. The summed E-state index contributed by atoms with van der Waals surface area (Å²) < 4.78 is 5.01. The molecule has 0 aliphatic carbocycles. The van der Waals surface area contributed by atoms with Gasteiger partial charge in [-0.05, 0) is 23.3 Å². The second kappa shape index (κ2) is 6.39. The van der Waals surface area contributed by atoms with Crippen molar-refractivity contribution in [3.63, 3.8) is 0 Å². The van der Waals surface area contributed by atoms with Gasteiger partial charge in [-0.1, -0.05) is 29.8 Å². The average Bonchev–Trinajstić information content (AvgIpc) is 2.46. The van der Waals surface area contributed by atoms with Gasteiger partial charge in [-0.25, -0.2) is 4.98 Å². The Bertz CT molecular complexity index is 581. The zero-order chi connectivity index (χ0) is 14.5. The van der Waals surface area contributed by atoms with Crippen molar-refractivity contribution in [3.05, 3.63) is 58.7 Å². The number of methoxy groups -OCH3 is 1. The van der Waals surface area contributed by atoms with Crippen LogP contribution in [0.4, 0.5) is 0 Å². The summed E-state index contributed by atoms with van der Waals surface area (Å²) in [7, 11) is 1.54. The third-order valence-corrected chi connectivity index (χ3v) is 3.27. The van der Waals surface area contributed by atoms with E-state index < -0.39 is 5.97 Å². The molecule has 0 radical (unpaired) electrons. The van der Waals surface area contributed by atoms with Crippen molar-refractivity contribution in [1.82, 2.24) is 4.98 Å². The standard InChI is InChI=1S/C15H14ClNO3/c1-20-14-7-4-11(9-17-14)13(8-15(18)19)10-2-5-12(16)6-3-10/h2-7,9,13H,8H2,1H3,(H,18,19). The fraction of sp³-hybridized carbons (Fsp3) is 0.200. The third-order valence-electron chi connectivity index (χ3n) is 3.02. The largest absolute Gasteiger partial charge is 0.481 e. The Balaban J connectivity index is 2.35. The van der Waals surface area contributed by atoms with Crippen molar-refractivity contribution < 1.29 is 14.6 Å². The van der Waals surface area contributed by atoms with Crippen LogP contribution in [0.1, 0.15) is 23.5 Å². The Morgan fingerprint density at radius 1 is 1.25 bits per heavy atom. The number of nitrogens with zero attached hydrogens (tertiary/aromatic N) is 1. The van der Waals surface area contributed by atoms with E-state index >= 15 is 0 Å². The molecule has 1 aromatic heterocycles. The molecular formula is C15H14ClNO3. The van der Waals surface area contributed by atoms with Gasteiger partial charge < -0.3 is 9.84 Å². The molecule has 1 aromatic carbocycles. The molecule has 0 bridgehead atoms. The smallest absolute Gasteiger partial charge is 0.304 e. The Hall–Kier alpha value is -2.07. The van der Waals surface area contributed by atoms with Gasteiger partial charge in [-0.15, -0.1) is 0 Å². The van der Waals surface area contributed by atoms with Crippen LogP contribution in [0.3, 0.4) is 0 Å². The van der Waals surface area contributed by atoms with Gasteiger partial charge in [0.05, 0.1) is 13.5 Å². The third kappa shape index (κ3) is 3.48. The Kier molecular flexibility index (Phi) is 4.58. The number of benzene rings is 1. The van der Waals surface area contributed by atoms with Gasteiger partial charge in [0.25, 0.3) is 0 Å². The maximum atomic E-state index is 11.1. The second-order valence-electron chi connectivity index (χ2n) is 4.34. The van der Waals surface area contributed by atoms with Gasteiger partial charge in [-0.3, -0.25) is 4.79 Å². The van der Waals surface area contributed by atoms with Gasteiger partial charge >= 0.3 is 5.97 Å². The van der Waals surface area contributed by atoms with Gasteiger partial charge in [0.2, 0.25) is 5.88 Å². The molecule has 1 atom stereocenters. The van der Waals surface area contributed by atoms with E-state index in [0.717, 1.165) is 11.1 Å². The minimum absolute atomic E-state index is 0.00432. The van der Waals surface area contributed by atoms with E-state index in [4.69, 9.17) is 21.4 Å². The first-order valence-electron chi connectivity index (χ1n) is 6.07. The van der Waals surface area contributed by atoms with E-state index in [2.05, 4.69) is 4.98 Å². The van der Waals surface area contributed by atoms with E-state index in [1.807, 2.05) is 18.2 Å². The number of carboxylic acid groups (broad SMARTS) is 1. The van der Waals surface area contributed by atoms with Crippen LogP contribution in [0.5, 0.6) is 5.88 Å². The molecule has 104 valence electrons. The number of ether oxygens (including phenoxy) is 1. The first-order valence-corrected chi connectivity index (χ1v) is 6.45. The molecular weight excluding hydrogens is 278 g/mol. The van der Waals surface area contributed by atoms with Crippen LogP contribution in [-0.2, 0) is 4.79 Å². The number of carbonyl (C=O) groups is 1. The van der Waals surface area contributed by atoms with Crippen molar-refractivity contribution in [1.29, 1.82) is 0 Å². The van der Waals surface area contributed by atoms with Crippen molar-refractivity contribution in [2.45, 2.75) is 12.3 Å². The summed E-state index contributed by atoms with van der Waals surface area (Å²) in [6.07, 6.45) is 1.64. The summed E-state index contributed by atoms with van der Waals surface area (Å²) in [6.45, 7) is 0. The van der Waals surface area contributed by atoms with Gasteiger partial charge in [-0.2, -0.15) is 0 Å². The predicted molar refractivity (Wildman–Crippen MR) is 76.3 cm³/mol. The Morgan fingerprint density at radius 2 is 1.90 bits per heavy atom. The molecule has 0 spiro atoms. The van der Waals surface area contributed by atoms with Crippen molar-refractivity contribution >= 4 is 17.6 Å². The number of hydrogen-bond acceptors (Lipinski definition) is 3. The van der Waals surface area contributed by atoms with E-state index in [-0.39, 0.29) is 12.3 Å². The minimum atomic E-state index is -0.860. The molecule has 0 aliphatic rings. The molecule has 0 aliphatic heterocycles. The van der Waals surface area contributed by atoms with Crippen molar-refractivity contribution in [2.24, 2.45) is 0 Å². The second-order valence-corrected chi connectivity index (χ2v) is 4.77. The van der Waals surface area contributed by atoms with Crippen LogP contribution in [0.15, 0.2) is 42.6 Å². The summed E-state index contributed by atoms with van der Waals surface area (Å²) in [5.74, 6) is -0.622. The van der Waals surface area contributed by atoms with E-state index in [1.54, 1.807) is 24.4 Å². The quantitative estimate of drug-likeness (QED) is 0.918. The van der Waals surface area contributed by atoms with E-state index in [0.29, 0.717) is 10.9 Å². The lowest BCUT2D eigenvalue weighted by Gasteiger charge is -2.16. The molecule has 0 saturated heterocycles. The topological polar surface area (TPSA) is 59.4 Å². The number of carboxylic acids is 1. The molecule has 0 amide bonds. The minimum Gasteiger partial charge on any atom is -0.481 e. The van der Waals surface area contributed by atoms with Gasteiger partial charge in [0.15, 0.2) is 0 Å². The van der Waals surface area contributed by atoms with Crippen molar-refractivity contribution in [2.75, 3.05) is 7.11 Å². The highest BCUT2D eigenvalue weighted by molar-refractivity contribution is 6.30. The number of aliphatic carboxylic acids is 1. The lowest BCUT2D eigenvalue weighted by atomic mass is 9.89. The normalized spacial score (nSPS) is 11.9. The highest BCUT2D eigenvalue weighted by atomic mass is 35.5. The summed E-state index contributed by atoms with van der Waals surface area (Å²) in [4.78, 5) is 15.2. The molecule has 1 unspecified atom stereocenters. The molecule has 2 aromatic rings. The molecule has 4 nitrogen and oxygen atoms in total. The molecule has 1 heterocycles. The van der Waals surface area contributed by atoms with Gasteiger partial charge in [0.1, 0.15) is 0 Å². The summed E-state index contributed by atoms with van der Waals surface area (Å²) in [5.41, 5.74) is 1.72. The molecule has 5 heteroatoms. The first kappa shape index (κ1) is 14.3. The molecule has 2 rings (SSSR count). The van der Waals surface area contributed by atoms with E-state index in [1.165, 1.54) is 7.11 Å². The monoisotopic (exact) mass is 291 g/mol. The zero-order valence-electron chi connectivity index (χ0n) is 10.9. The summed E-state index contributed by atoms with van der Waals surface area (Å²) >= 11 is 5.86. The van der Waals surface area contributed by atoms with Crippen LogP contribution in [0.2, 0.25) is 5.02 Å². The van der Waals surface area contributed by atoms with Crippen LogP contribution in [-0.4, -0.2) is 23.2 Å². The highest BCUT2D eigenvalue weighted by Crippen LogP contribution is 2.29. The molecule has 0 saturated carbocycles. The zero-order valence-corrected chi connectivity index (χ0v) is 11.7. The average molecular weight is 292 g/mol. The van der Waals surface area contributed by atoms with Crippen LogP contribution < -0.4 is 4.74 Å². The number of rotatable bonds is 5. The van der Waals surface area contributed by atoms with E-state index in [9.17, 15) is 4.79 Å². The highest BCUT2D eigenvalue weighted by Gasteiger charge is 2.18. The van der Waals surface area contributed by atoms with Gasteiger partial charge in [0, 0.05) is 23.2 Å². The summed E-state index contributed by atoms with van der Waals surface area (Å²) in [6, 6.07) is 10.7. The fourth-order valence-corrected chi connectivity index (χ4v) is 2.14. The van der Waals surface area contributed by atoms with Crippen LogP contribution in [0.25, 0.3) is 0 Å². The molecule has 20 heavy (non-hydrogen) atoms. The lowest BCUT2D eigenvalue weighted by Crippen LogP contribution is -2.08. The Morgan fingerprint density at radius 3 is 2.40 bits per heavy atom. The lowest BCUT2D eigenvalue weighted by molar-refractivity contribution is -0.137. The molecule has 0 fully saturated rings. The fourth-order valence-electron chi connectivity index (χ4n) is 2.02. The number of aromatic nitrogens is 1. The maximum absolute atomic E-state index is 11.1. The summed E-state index contributed by atoms with van der Waals surface area (Å²) in [5, 5.41) is 9.71. The Labute approximate surface area is 122 Å². The maximum Gasteiger partial charge on any atom is 0.304 e. The van der Waals surface area contributed by atoms with Crippen LogP contribution >= 0.6 is 11.6 Å². The van der Waals surface area contributed by atoms with Crippen molar-refractivity contribution in [3.8, 4) is 5.88 Å². The number of hydrogen-bond donors (Lipinski definition) is 1. The number of pyridine rings is 1.